The number of carbonyl (C=O) groups excluding carboxylic acids is 1. The topological polar surface area (TPSA) is 62.1 Å². The summed E-state index contributed by atoms with van der Waals surface area (Å²) in [6, 6.07) is 4.36. The highest BCUT2D eigenvalue weighted by atomic mass is 16.6. The SMILES string of the molecule is Cc1cn2ccc(OC(=O)N3CCN(C(C)C)CC3C3CCNCC3)cc2n1. The molecule has 0 bridgehead atoms. The van der Waals surface area contributed by atoms with Crippen LogP contribution < -0.4 is 10.1 Å². The first-order valence-electron chi connectivity index (χ1n) is 10.4. The molecule has 0 aliphatic carbocycles. The molecule has 2 fully saturated rings. The summed E-state index contributed by atoms with van der Waals surface area (Å²) in [7, 11) is 0. The summed E-state index contributed by atoms with van der Waals surface area (Å²) in [5.74, 6) is 1.08. The number of hydrogen-bond donors (Lipinski definition) is 1. The van der Waals surface area contributed by atoms with Crippen LogP contribution in [0.5, 0.6) is 5.75 Å². The van der Waals surface area contributed by atoms with Crippen molar-refractivity contribution in [1.82, 2.24) is 24.5 Å². The molecule has 4 rings (SSSR count). The number of hydrogen-bond acceptors (Lipinski definition) is 5. The Kier molecular flexibility index (Phi) is 5.55. The standard InChI is InChI=1S/C21H31N5O2/c1-15(2)24-10-11-26(19(14-24)17-4-7-22-8-5-17)21(27)28-18-6-9-25-13-16(3)23-20(25)12-18/h6,9,12-13,15,17,19,22H,4-5,7-8,10-11,14H2,1-3H3. The number of piperazine rings is 1. The molecule has 0 saturated carbocycles. The van der Waals surface area contributed by atoms with Crippen molar-refractivity contribution in [3.8, 4) is 5.75 Å². The van der Waals surface area contributed by atoms with Crippen LogP contribution in [0.4, 0.5) is 4.79 Å². The average molecular weight is 386 g/mol. The molecule has 0 radical (unpaired) electrons. The molecule has 2 aromatic heterocycles. The van der Waals surface area contributed by atoms with Gasteiger partial charge in [-0.05, 0) is 58.7 Å². The molecule has 1 atom stereocenters. The fourth-order valence-corrected chi connectivity index (χ4v) is 4.47. The van der Waals surface area contributed by atoms with Crippen LogP contribution in [0.1, 0.15) is 32.4 Å². The van der Waals surface area contributed by atoms with Crippen molar-refractivity contribution in [2.24, 2.45) is 5.92 Å². The lowest BCUT2D eigenvalue weighted by Gasteiger charge is -2.46. The molecule has 2 aliphatic heterocycles. The molecule has 1 amide bonds. The quantitative estimate of drug-likeness (QED) is 0.880. The van der Waals surface area contributed by atoms with Crippen molar-refractivity contribution in [3.63, 3.8) is 0 Å². The number of nitrogens with zero attached hydrogens (tertiary/aromatic N) is 4. The summed E-state index contributed by atoms with van der Waals surface area (Å²) in [4.78, 5) is 22.0. The normalized spacial score (nSPS) is 22.1. The Morgan fingerprint density at radius 3 is 2.82 bits per heavy atom. The van der Waals surface area contributed by atoms with E-state index in [2.05, 4.69) is 29.0 Å². The Morgan fingerprint density at radius 2 is 2.07 bits per heavy atom. The van der Waals surface area contributed by atoms with Gasteiger partial charge in [0.15, 0.2) is 0 Å². The van der Waals surface area contributed by atoms with E-state index in [4.69, 9.17) is 4.74 Å². The molecule has 1 N–H and O–H groups in total. The van der Waals surface area contributed by atoms with Crippen molar-refractivity contribution in [2.45, 2.75) is 45.7 Å². The fraction of sp³-hybridized carbons (Fsp3) is 0.619. The molecule has 2 aliphatic rings. The third kappa shape index (κ3) is 4.00. The summed E-state index contributed by atoms with van der Waals surface area (Å²) < 4.78 is 7.72. The van der Waals surface area contributed by atoms with E-state index in [0.29, 0.717) is 17.7 Å². The van der Waals surface area contributed by atoms with Crippen LogP contribution in [-0.4, -0.2) is 70.1 Å². The molecule has 1 unspecified atom stereocenters. The predicted molar refractivity (Wildman–Crippen MR) is 109 cm³/mol. The summed E-state index contributed by atoms with van der Waals surface area (Å²) >= 11 is 0. The molecular weight excluding hydrogens is 354 g/mol. The van der Waals surface area contributed by atoms with Gasteiger partial charge in [0.25, 0.3) is 0 Å². The number of imidazole rings is 1. The van der Waals surface area contributed by atoms with E-state index in [1.54, 1.807) is 0 Å². The number of pyridine rings is 1. The number of rotatable bonds is 3. The summed E-state index contributed by atoms with van der Waals surface area (Å²) in [6.07, 6.45) is 5.83. The lowest BCUT2D eigenvalue weighted by molar-refractivity contribution is 0.0273. The van der Waals surface area contributed by atoms with Crippen LogP contribution >= 0.6 is 0 Å². The van der Waals surface area contributed by atoms with E-state index in [1.807, 2.05) is 40.8 Å². The zero-order valence-electron chi connectivity index (χ0n) is 17.1. The van der Waals surface area contributed by atoms with Crippen molar-refractivity contribution in [2.75, 3.05) is 32.7 Å². The van der Waals surface area contributed by atoms with Gasteiger partial charge in [-0.1, -0.05) is 0 Å². The van der Waals surface area contributed by atoms with Crippen molar-refractivity contribution < 1.29 is 9.53 Å². The maximum Gasteiger partial charge on any atom is 0.415 e. The molecule has 0 aromatic carbocycles. The third-order valence-electron chi connectivity index (χ3n) is 6.10. The monoisotopic (exact) mass is 385 g/mol. The van der Waals surface area contributed by atoms with Crippen molar-refractivity contribution >= 4 is 11.7 Å². The number of carbonyl (C=O) groups is 1. The third-order valence-corrected chi connectivity index (χ3v) is 6.10. The Labute approximate surface area is 166 Å². The number of nitrogens with one attached hydrogen (secondary N) is 1. The molecule has 7 heteroatoms. The molecule has 7 nitrogen and oxygen atoms in total. The number of aromatic nitrogens is 2. The predicted octanol–water partition coefficient (Wildman–Crippen LogP) is 2.54. The molecular formula is C21H31N5O2. The molecule has 2 aromatic rings. The van der Waals surface area contributed by atoms with Gasteiger partial charge in [-0.15, -0.1) is 0 Å². The average Bonchev–Trinajstić information content (AvgIpc) is 3.07. The van der Waals surface area contributed by atoms with Gasteiger partial charge in [-0.2, -0.15) is 0 Å². The van der Waals surface area contributed by atoms with Crippen LogP contribution in [-0.2, 0) is 0 Å². The van der Waals surface area contributed by atoms with E-state index in [-0.39, 0.29) is 12.1 Å². The van der Waals surface area contributed by atoms with E-state index in [0.717, 1.165) is 56.9 Å². The van der Waals surface area contributed by atoms with Gasteiger partial charge >= 0.3 is 6.09 Å². The highest BCUT2D eigenvalue weighted by Gasteiger charge is 2.37. The van der Waals surface area contributed by atoms with Crippen LogP contribution in [0.2, 0.25) is 0 Å². The Bertz CT molecular complexity index is 827. The largest absolute Gasteiger partial charge is 0.415 e. The van der Waals surface area contributed by atoms with Gasteiger partial charge in [0.2, 0.25) is 0 Å². The number of ether oxygens (including phenoxy) is 1. The number of piperidine rings is 1. The van der Waals surface area contributed by atoms with Crippen molar-refractivity contribution in [3.05, 3.63) is 30.2 Å². The van der Waals surface area contributed by atoms with E-state index in [9.17, 15) is 4.79 Å². The fourth-order valence-electron chi connectivity index (χ4n) is 4.47. The maximum atomic E-state index is 13.1. The first-order valence-corrected chi connectivity index (χ1v) is 10.4. The first-order chi connectivity index (χ1) is 13.5. The van der Waals surface area contributed by atoms with Crippen LogP contribution in [0.15, 0.2) is 24.5 Å². The van der Waals surface area contributed by atoms with Gasteiger partial charge in [-0.3, -0.25) is 4.90 Å². The second kappa shape index (κ2) is 8.09. The minimum Gasteiger partial charge on any atom is -0.410 e. The van der Waals surface area contributed by atoms with Crippen LogP contribution in [0.25, 0.3) is 5.65 Å². The highest BCUT2D eigenvalue weighted by molar-refractivity contribution is 5.71. The lowest BCUT2D eigenvalue weighted by Crippen LogP contribution is -2.60. The van der Waals surface area contributed by atoms with E-state index < -0.39 is 0 Å². The second-order valence-electron chi connectivity index (χ2n) is 8.32. The smallest absolute Gasteiger partial charge is 0.410 e. The zero-order chi connectivity index (χ0) is 19.7. The highest BCUT2D eigenvalue weighted by Crippen LogP contribution is 2.27. The van der Waals surface area contributed by atoms with Crippen LogP contribution in [0.3, 0.4) is 0 Å². The van der Waals surface area contributed by atoms with E-state index >= 15 is 0 Å². The van der Waals surface area contributed by atoms with E-state index in [1.165, 1.54) is 0 Å². The summed E-state index contributed by atoms with van der Waals surface area (Å²) in [5.41, 5.74) is 1.74. The van der Waals surface area contributed by atoms with Crippen molar-refractivity contribution in [1.29, 1.82) is 0 Å². The zero-order valence-corrected chi connectivity index (χ0v) is 17.1. The first kappa shape index (κ1) is 19.2. The number of aryl methyl sites for hydroxylation is 1. The number of fused-ring (bicyclic) bond motifs is 1. The Balaban J connectivity index is 1.51. The van der Waals surface area contributed by atoms with Gasteiger partial charge in [-0.25, -0.2) is 9.78 Å². The molecule has 152 valence electrons. The minimum absolute atomic E-state index is 0.211. The summed E-state index contributed by atoms with van der Waals surface area (Å²) in [5, 5.41) is 3.43. The second-order valence-corrected chi connectivity index (χ2v) is 8.32. The molecule has 4 heterocycles. The number of amides is 1. The minimum atomic E-state index is -0.237. The Morgan fingerprint density at radius 1 is 1.29 bits per heavy atom. The maximum absolute atomic E-state index is 13.1. The molecule has 2 saturated heterocycles. The lowest BCUT2D eigenvalue weighted by atomic mass is 9.87. The van der Waals surface area contributed by atoms with Gasteiger partial charge in [0, 0.05) is 44.1 Å². The van der Waals surface area contributed by atoms with Gasteiger partial charge in [0.05, 0.1) is 11.7 Å². The molecule has 0 spiro atoms. The van der Waals surface area contributed by atoms with Crippen LogP contribution in [0, 0.1) is 12.8 Å². The summed E-state index contributed by atoms with van der Waals surface area (Å²) in [6.45, 7) is 11.0. The Hall–Kier alpha value is -2.12. The molecule has 28 heavy (non-hydrogen) atoms. The van der Waals surface area contributed by atoms with Gasteiger partial charge in [0.1, 0.15) is 11.4 Å². The van der Waals surface area contributed by atoms with Gasteiger partial charge < -0.3 is 19.4 Å².